The van der Waals surface area contributed by atoms with Gasteiger partial charge < -0.3 is 9.47 Å². The van der Waals surface area contributed by atoms with Crippen molar-refractivity contribution in [2.24, 2.45) is 17.8 Å². The van der Waals surface area contributed by atoms with Crippen LogP contribution >= 0.6 is 0 Å². The molecule has 1 saturated carbocycles. The number of rotatable bonds is 7. The molecule has 0 N–H and O–H groups in total. The summed E-state index contributed by atoms with van der Waals surface area (Å²) in [5.74, 6) is -0.0514. The van der Waals surface area contributed by atoms with Crippen LogP contribution in [0.15, 0.2) is 11.1 Å². The van der Waals surface area contributed by atoms with Gasteiger partial charge in [-0.2, -0.15) is 0 Å². The quantitative estimate of drug-likeness (QED) is 0.529. The second-order valence-electron chi connectivity index (χ2n) is 7.00. The van der Waals surface area contributed by atoms with Crippen LogP contribution in [-0.2, 0) is 19.1 Å². The van der Waals surface area contributed by atoms with Crippen molar-refractivity contribution in [3.63, 3.8) is 0 Å². The number of carbonyl (C=O) groups is 2. The molecule has 0 radical (unpaired) electrons. The Labute approximate surface area is 134 Å². The van der Waals surface area contributed by atoms with Gasteiger partial charge in [0.1, 0.15) is 0 Å². The van der Waals surface area contributed by atoms with E-state index in [0.717, 1.165) is 25.7 Å². The molecule has 0 heterocycles. The summed E-state index contributed by atoms with van der Waals surface area (Å²) in [6.07, 6.45) is 4.09. The Morgan fingerprint density at radius 2 is 1.36 bits per heavy atom. The van der Waals surface area contributed by atoms with Crippen LogP contribution in [0.1, 0.15) is 60.3 Å². The van der Waals surface area contributed by atoms with Crippen LogP contribution in [-0.4, -0.2) is 25.2 Å². The van der Waals surface area contributed by atoms with Crippen molar-refractivity contribution in [1.29, 1.82) is 0 Å². The molecule has 4 nitrogen and oxygen atoms in total. The molecule has 0 spiro atoms. The van der Waals surface area contributed by atoms with Crippen molar-refractivity contribution in [2.75, 3.05) is 13.2 Å². The first-order valence-corrected chi connectivity index (χ1v) is 8.37. The van der Waals surface area contributed by atoms with Gasteiger partial charge in [0.2, 0.25) is 0 Å². The summed E-state index contributed by atoms with van der Waals surface area (Å²) in [6.45, 7) is 10.4. The SMILES string of the molecule is CC(C(=O)OCC(C)C)=C(C(=O)OCC(C)C)C1CCCC1. The smallest absolute Gasteiger partial charge is 0.334 e. The molecule has 1 rings (SSSR count). The second kappa shape index (κ2) is 8.96. The molecule has 4 heteroatoms. The van der Waals surface area contributed by atoms with E-state index in [0.29, 0.717) is 24.4 Å². The van der Waals surface area contributed by atoms with Crippen molar-refractivity contribution in [1.82, 2.24) is 0 Å². The monoisotopic (exact) mass is 310 g/mol. The molecule has 0 aliphatic heterocycles. The fourth-order valence-corrected chi connectivity index (χ4v) is 2.62. The van der Waals surface area contributed by atoms with Crippen LogP contribution in [0.4, 0.5) is 0 Å². The molecule has 22 heavy (non-hydrogen) atoms. The van der Waals surface area contributed by atoms with Crippen molar-refractivity contribution >= 4 is 11.9 Å². The zero-order valence-corrected chi connectivity index (χ0v) is 14.6. The number of hydrogen-bond donors (Lipinski definition) is 0. The van der Waals surface area contributed by atoms with Gasteiger partial charge in [-0.15, -0.1) is 0 Å². The number of ether oxygens (including phenoxy) is 2. The van der Waals surface area contributed by atoms with Gasteiger partial charge in [0.25, 0.3) is 0 Å². The van der Waals surface area contributed by atoms with E-state index in [9.17, 15) is 9.59 Å². The van der Waals surface area contributed by atoms with Crippen LogP contribution < -0.4 is 0 Å². The van der Waals surface area contributed by atoms with E-state index < -0.39 is 5.97 Å². The maximum atomic E-state index is 12.4. The molecule has 0 saturated heterocycles. The first kappa shape index (κ1) is 18.7. The summed E-state index contributed by atoms with van der Waals surface area (Å²) in [4.78, 5) is 24.6. The summed E-state index contributed by atoms with van der Waals surface area (Å²) in [7, 11) is 0. The van der Waals surface area contributed by atoms with Gasteiger partial charge in [0.05, 0.1) is 18.8 Å². The fraction of sp³-hybridized carbons (Fsp3) is 0.778. The third kappa shape index (κ3) is 5.82. The molecule has 0 atom stereocenters. The van der Waals surface area contributed by atoms with Crippen LogP contribution in [0.5, 0.6) is 0 Å². The zero-order valence-electron chi connectivity index (χ0n) is 14.6. The lowest BCUT2D eigenvalue weighted by Gasteiger charge is -2.18. The molecule has 1 aliphatic rings. The Balaban J connectivity index is 2.89. The summed E-state index contributed by atoms with van der Waals surface area (Å²) in [5.41, 5.74) is 0.952. The maximum absolute atomic E-state index is 12.4. The average molecular weight is 310 g/mol. The van der Waals surface area contributed by atoms with Crippen molar-refractivity contribution in [3.05, 3.63) is 11.1 Å². The average Bonchev–Trinajstić information content (AvgIpc) is 2.96. The Bertz CT molecular complexity index is 415. The van der Waals surface area contributed by atoms with Gasteiger partial charge in [0.15, 0.2) is 0 Å². The van der Waals surface area contributed by atoms with E-state index >= 15 is 0 Å². The summed E-state index contributed by atoms with van der Waals surface area (Å²) < 4.78 is 10.6. The third-order valence-electron chi connectivity index (χ3n) is 3.79. The molecule has 0 bridgehead atoms. The van der Waals surface area contributed by atoms with Crippen LogP contribution in [0.25, 0.3) is 0 Å². The first-order valence-electron chi connectivity index (χ1n) is 8.37. The number of esters is 2. The maximum Gasteiger partial charge on any atom is 0.334 e. The Hall–Kier alpha value is -1.32. The van der Waals surface area contributed by atoms with E-state index in [-0.39, 0.29) is 23.7 Å². The minimum atomic E-state index is -0.392. The third-order valence-corrected chi connectivity index (χ3v) is 3.79. The Morgan fingerprint density at radius 3 is 1.82 bits per heavy atom. The topological polar surface area (TPSA) is 52.6 Å². The zero-order chi connectivity index (χ0) is 16.7. The van der Waals surface area contributed by atoms with Crippen LogP contribution in [0, 0.1) is 17.8 Å². The molecule has 0 aromatic rings. The lowest BCUT2D eigenvalue weighted by Crippen LogP contribution is -2.22. The highest BCUT2D eigenvalue weighted by molar-refractivity contribution is 6.00. The normalized spacial score (nSPS) is 16.9. The molecule has 0 aromatic carbocycles. The Kier molecular flexibility index (Phi) is 7.63. The molecular formula is C18H30O4. The number of carbonyl (C=O) groups excluding carboxylic acids is 2. The summed E-state index contributed by atoms with van der Waals surface area (Å²) >= 11 is 0. The van der Waals surface area contributed by atoms with Gasteiger partial charge in [-0.25, -0.2) is 9.59 Å². The minimum Gasteiger partial charge on any atom is -0.462 e. The first-order chi connectivity index (χ1) is 10.3. The standard InChI is InChI=1S/C18H30O4/c1-12(2)10-21-17(19)14(5)16(15-8-6-7-9-15)18(20)22-11-13(3)4/h12-13,15H,6-11H2,1-5H3. The molecule has 1 aliphatic carbocycles. The van der Waals surface area contributed by atoms with Crippen molar-refractivity contribution in [3.8, 4) is 0 Å². The minimum absolute atomic E-state index is 0.131. The van der Waals surface area contributed by atoms with E-state index in [4.69, 9.17) is 9.47 Å². The number of hydrogen-bond acceptors (Lipinski definition) is 4. The Morgan fingerprint density at radius 1 is 0.909 bits per heavy atom. The highest BCUT2D eigenvalue weighted by atomic mass is 16.5. The van der Waals surface area contributed by atoms with Gasteiger partial charge in [-0.3, -0.25) is 0 Å². The van der Waals surface area contributed by atoms with Crippen LogP contribution in [0.2, 0.25) is 0 Å². The van der Waals surface area contributed by atoms with Gasteiger partial charge in [-0.05, 0) is 37.5 Å². The molecule has 0 amide bonds. The second-order valence-corrected chi connectivity index (χ2v) is 7.00. The molecule has 126 valence electrons. The molecular weight excluding hydrogens is 280 g/mol. The predicted molar refractivity (Wildman–Crippen MR) is 86.3 cm³/mol. The van der Waals surface area contributed by atoms with Crippen LogP contribution in [0.3, 0.4) is 0 Å². The van der Waals surface area contributed by atoms with Crippen molar-refractivity contribution < 1.29 is 19.1 Å². The van der Waals surface area contributed by atoms with Crippen molar-refractivity contribution in [2.45, 2.75) is 60.3 Å². The lowest BCUT2D eigenvalue weighted by molar-refractivity contribution is -0.143. The van der Waals surface area contributed by atoms with E-state index in [1.165, 1.54) is 0 Å². The highest BCUT2D eigenvalue weighted by Crippen LogP contribution is 2.33. The summed E-state index contributed by atoms with van der Waals surface area (Å²) in [6, 6.07) is 0. The van der Waals surface area contributed by atoms with Gasteiger partial charge in [-0.1, -0.05) is 40.5 Å². The summed E-state index contributed by atoms with van der Waals surface area (Å²) in [5, 5.41) is 0. The predicted octanol–water partition coefficient (Wildman–Crippen LogP) is 3.89. The van der Waals surface area contributed by atoms with Gasteiger partial charge >= 0.3 is 11.9 Å². The van der Waals surface area contributed by atoms with Gasteiger partial charge in [0, 0.05) is 5.57 Å². The largest absolute Gasteiger partial charge is 0.462 e. The highest BCUT2D eigenvalue weighted by Gasteiger charge is 2.30. The van der Waals surface area contributed by atoms with E-state index in [1.54, 1.807) is 6.92 Å². The fourth-order valence-electron chi connectivity index (χ4n) is 2.62. The lowest BCUT2D eigenvalue weighted by atomic mass is 9.93. The van der Waals surface area contributed by atoms with E-state index in [1.807, 2.05) is 27.7 Å². The molecule has 0 unspecified atom stereocenters. The molecule has 1 fully saturated rings. The molecule has 0 aromatic heterocycles. The van der Waals surface area contributed by atoms with E-state index in [2.05, 4.69) is 0 Å².